The third kappa shape index (κ3) is 2.92. The lowest BCUT2D eigenvalue weighted by molar-refractivity contribution is 0.102. The van der Waals surface area contributed by atoms with Gasteiger partial charge in [-0.05, 0) is 32.4 Å². The Morgan fingerprint density at radius 2 is 2.09 bits per heavy atom. The number of hydrogen-bond donors (Lipinski definition) is 1. The molecule has 0 aliphatic heterocycles. The lowest BCUT2D eigenvalue weighted by Crippen LogP contribution is -2.13. The summed E-state index contributed by atoms with van der Waals surface area (Å²) in [6.45, 7) is 6.43. The van der Waals surface area contributed by atoms with E-state index < -0.39 is 0 Å². The molecule has 0 saturated carbocycles. The third-order valence-corrected chi connectivity index (χ3v) is 4.59. The summed E-state index contributed by atoms with van der Waals surface area (Å²) in [6.07, 6.45) is 0.912. The molecule has 0 radical (unpaired) electrons. The molecule has 23 heavy (non-hydrogen) atoms. The molecular weight excluding hydrogens is 312 g/mol. The van der Waals surface area contributed by atoms with Crippen LogP contribution in [0, 0.1) is 13.8 Å². The summed E-state index contributed by atoms with van der Waals surface area (Å²) in [4.78, 5) is 14.0. The fourth-order valence-electron chi connectivity index (χ4n) is 2.36. The molecule has 1 N–H and O–H groups in total. The Kier molecular flexibility index (Phi) is 4.29. The van der Waals surface area contributed by atoms with Crippen molar-refractivity contribution in [1.29, 1.82) is 0 Å². The van der Waals surface area contributed by atoms with E-state index in [4.69, 9.17) is 4.74 Å². The minimum atomic E-state index is -0.162. The molecule has 1 aromatic carbocycles. The maximum Gasteiger partial charge on any atom is 0.267 e. The van der Waals surface area contributed by atoms with Crippen molar-refractivity contribution in [1.82, 2.24) is 14.6 Å². The van der Waals surface area contributed by atoms with Crippen molar-refractivity contribution in [2.75, 3.05) is 11.9 Å². The number of aromatic nitrogens is 3. The molecule has 3 aromatic rings. The summed E-state index contributed by atoms with van der Waals surface area (Å²) in [6, 6.07) is 7.45. The van der Waals surface area contributed by atoms with E-state index >= 15 is 0 Å². The number of carbonyl (C=O) groups is 1. The van der Waals surface area contributed by atoms with Crippen molar-refractivity contribution in [3.8, 4) is 5.75 Å². The van der Waals surface area contributed by atoms with Crippen LogP contribution >= 0.6 is 11.3 Å². The molecule has 0 unspecified atom stereocenters. The highest BCUT2D eigenvalue weighted by molar-refractivity contribution is 7.19. The second-order valence-electron chi connectivity index (χ2n) is 5.18. The minimum Gasteiger partial charge on any atom is -0.491 e. The molecule has 0 saturated heterocycles. The summed E-state index contributed by atoms with van der Waals surface area (Å²) in [7, 11) is 0. The molecule has 6 nitrogen and oxygen atoms in total. The van der Waals surface area contributed by atoms with E-state index in [-0.39, 0.29) is 5.91 Å². The summed E-state index contributed by atoms with van der Waals surface area (Å²) in [5, 5.41) is 11.0. The van der Waals surface area contributed by atoms with Gasteiger partial charge in [-0.15, -0.1) is 10.2 Å². The van der Waals surface area contributed by atoms with E-state index in [1.165, 1.54) is 11.3 Å². The highest BCUT2D eigenvalue weighted by Gasteiger charge is 2.19. The van der Waals surface area contributed by atoms with Crippen LogP contribution in [0.5, 0.6) is 5.75 Å². The minimum absolute atomic E-state index is 0.162. The standard InChI is InChI=1S/C16H18N4O2S/c1-4-9-22-13-8-6-5-7-12(13)17-15(21)14-10(2)20-11(3)18-19-16(20)23-14/h5-8H,4,9H2,1-3H3,(H,17,21). The molecule has 2 heterocycles. The van der Waals surface area contributed by atoms with E-state index in [2.05, 4.69) is 15.5 Å². The SMILES string of the molecule is CCCOc1ccccc1NC(=O)c1sc2nnc(C)n2c1C. The molecule has 1 amide bonds. The highest BCUT2D eigenvalue weighted by Crippen LogP contribution is 2.27. The van der Waals surface area contributed by atoms with Crippen LogP contribution in [0.4, 0.5) is 5.69 Å². The molecule has 0 aliphatic carbocycles. The Morgan fingerprint density at radius 3 is 2.83 bits per heavy atom. The van der Waals surface area contributed by atoms with E-state index in [9.17, 15) is 4.79 Å². The van der Waals surface area contributed by atoms with Gasteiger partial charge in [-0.3, -0.25) is 9.20 Å². The summed E-state index contributed by atoms with van der Waals surface area (Å²) in [5.74, 6) is 1.30. The van der Waals surface area contributed by atoms with Crippen molar-refractivity contribution in [2.24, 2.45) is 0 Å². The number of hydrogen-bond acceptors (Lipinski definition) is 5. The van der Waals surface area contributed by atoms with E-state index in [0.717, 1.165) is 22.9 Å². The molecular formula is C16H18N4O2S. The number of rotatable bonds is 5. The van der Waals surface area contributed by atoms with Crippen molar-refractivity contribution in [2.45, 2.75) is 27.2 Å². The topological polar surface area (TPSA) is 68.5 Å². The Balaban J connectivity index is 1.88. The fourth-order valence-corrected chi connectivity index (χ4v) is 3.37. The number of benzene rings is 1. The first-order valence-corrected chi connectivity index (χ1v) is 8.27. The van der Waals surface area contributed by atoms with Gasteiger partial charge in [0.2, 0.25) is 4.96 Å². The molecule has 0 fully saturated rings. The number of thiazole rings is 1. The second-order valence-corrected chi connectivity index (χ2v) is 6.16. The van der Waals surface area contributed by atoms with E-state index in [0.29, 0.717) is 22.9 Å². The number of nitrogens with one attached hydrogen (secondary N) is 1. The first-order valence-electron chi connectivity index (χ1n) is 7.46. The quantitative estimate of drug-likeness (QED) is 0.778. The summed E-state index contributed by atoms with van der Waals surface area (Å²) < 4.78 is 7.57. The Labute approximate surface area is 138 Å². The van der Waals surface area contributed by atoms with Gasteiger partial charge in [-0.2, -0.15) is 0 Å². The van der Waals surface area contributed by atoms with Crippen molar-refractivity contribution in [3.63, 3.8) is 0 Å². The number of para-hydroxylation sites is 2. The monoisotopic (exact) mass is 330 g/mol. The van der Waals surface area contributed by atoms with Crippen molar-refractivity contribution < 1.29 is 9.53 Å². The van der Waals surface area contributed by atoms with Gasteiger partial charge in [-0.25, -0.2) is 0 Å². The zero-order valence-electron chi connectivity index (χ0n) is 13.3. The average Bonchev–Trinajstić information content (AvgIpc) is 3.07. The van der Waals surface area contributed by atoms with Crippen LogP contribution in [0.2, 0.25) is 0 Å². The van der Waals surface area contributed by atoms with Gasteiger partial charge in [-0.1, -0.05) is 30.4 Å². The fraction of sp³-hybridized carbons (Fsp3) is 0.312. The zero-order valence-corrected chi connectivity index (χ0v) is 14.1. The largest absolute Gasteiger partial charge is 0.491 e. The normalized spacial score (nSPS) is 10.9. The van der Waals surface area contributed by atoms with Crippen LogP contribution in [0.1, 0.15) is 34.5 Å². The Hall–Kier alpha value is -2.41. The summed E-state index contributed by atoms with van der Waals surface area (Å²) >= 11 is 1.33. The lowest BCUT2D eigenvalue weighted by atomic mass is 10.2. The van der Waals surface area contributed by atoms with Crippen LogP contribution < -0.4 is 10.1 Å². The van der Waals surface area contributed by atoms with Gasteiger partial charge in [0, 0.05) is 5.69 Å². The van der Waals surface area contributed by atoms with Gasteiger partial charge in [0.1, 0.15) is 16.5 Å². The Bertz CT molecular complexity index is 853. The number of amides is 1. The number of carbonyl (C=O) groups excluding carboxylic acids is 1. The van der Waals surface area contributed by atoms with E-state index in [1.54, 1.807) is 0 Å². The first kappa shape index (κ1) is 15.5. The number of ether oxygens (including phenoxy) is 1. The third-order valence-electron chi connectivity index (χ3n) is 3.46. The summed E-state index contributed by atoms with van der Waals surface area (Å²) in [5.41, 5.74) is 1.52. The van der Waals surface area contributed by atoms with Crippen LogP contribution in [-0.4, -0.2) is 27.1 Å². The van der Waals surface area contributed by atoms with Crippen LogP contribution in [0.25, 0.3) is 4.96 Å². The van der Waals surface area contributed by atoms with Crippen LogP contribution in [0.15, 0.2) is 24.3 Å². The van der Waals surface area contributed by atoms with Crippen molar-refractivity contribution >= 4 is 27.9 Å². The van der Waals surface area contributed by atoms with E-state index in [1.807, 2.05) is 49.4 Å². The first-order chi connectivity index (χ1) is 11.1. The molecule has 0 bridgehead atoms. The van der Waals surface area contributed by atoms with Crippen LogP contribution in [0.3, 0.4) is 0 Å². The number of anilines is 1. The zero-order chi connectivity index (χ0) is 16.4. The number of fused-ring (bicyclic) bond motifs is 1. The van der Waals surface area contributed by atoms with Crippen LogP contribution in [-0.2, 0) is 0 Å². The smallest absolute Gasteiger partial charge is 0.267 e. The second kappa shape index (κ2) is 6.37. The molecule has 0 atom stereocenters. The maximum atomic E-state index is 12.6. The molecule has 120 valence electrons. The van der Waals surface area contributed by atoms with Gasteiger partial charge >= 0.3 is 0 Å². The average molecular weight is 330 g/mol. The van der Waals surface area contributed by atoms with Gasteiger partial charge in [0.15, 0.2) is 0 Å². The molecule has 0 spiro atoms. The molecule has 7 heteroatoms. The van der Waals surface area contributed by atoms with Gasteiger partial charge in [0.25, 0.3) is 5.91 Å². The molecule has 2 aromatic heterocycles. The number of nitrogens with zero attached hydrogens (tertiary/aromatic N) is 3. The van der Waals surface area contributed by atoms with Gasteiger partial charge < -0.3 is 10.1 Å². The number of aryl methyl sites for hydroxylation is 2. The maximum absolute atomic E-state index is 12.6. The van der Waals surface area contributed by atoms with Gasteiger partial charge in [0.05, 0.1) is 12.3 Å². The Morgan fingerprint density at radius 1 is 1.30 bits per heavy atom. The predicted octanol–water partition coefficient (Wildman–Crippen LogP) is 3.45. The predicted molar refractivity (Wildman–Crippen MR) is 90.5 cm³/mol. The molecule has 3 rings (SSSR count). The lowest BCUT2D eigenvalue weighted by Gasteiger charge is -2.11. The highest BCUT2D eigenvalue weighted by atomic mass is 32.1. The molecule has 0 aliphatic rings. The van der Waals surface area contributed by atoms with Crippen molar-refractivity contribution in [3.05, 3.63) is 40.7 Å².